The Morgan fingerprint density at radius 2 is 2.20 bits per heavy atom. The summed E-state index contributed by atoms with van der Waals surface area (Å²) in [4.78, 5) is 0. The van der Waals surface area contributed by atoms with Crippen LogP contribution in [0.2, 0.25) is 6.55 Å². The SMILES string of the molecule is C[SiH2]N[SiH3].[H-].[Na+]. The van der Waals surface area contributed by atoms with Gasteiger partial charge < -0.3 is 6.07 Å². The van der Waals surface area contributed by atoms with Gasteiger partial charge in [0.05, 0.1) is 20.1 Å². The van der Waals surface area contributed by atoms with E-state index < -0.39 is 0 Å². The Morgan fingerprint density at radius 1 is 2.00 bits per heavy atom. The van der Waals surface area contributed by atoms with Gasteiger partial charge in [0.25, 0.3) is 0 Å². The van der Waals surface area contributed by atoms with Crippen LogP contribution in [0.25, 0.3) is 0 Å². The molecule has 0 unspecified atom stereocenters. The quantitative estimate of drug-likeness (QED) is 0.338. The summed E-state index contributed by atoms with van der Waals surface area (Å²) in [7, 11) is 1.44. The molecule has 0 aliphatic rings. The summed E-state index contributed by atoms with van der Waals surface area (Å²) in [5.74, 6) is 0. The third kappa shape index (κ3) is 10.8. The van der Waals surface area contributed by atoms with Crippen molar-refractivity contribution in [3.63, 3.8) is 0 Å². The molecule has 0 aromatic heterocycles. The molecule has 0 heterocycles. The molecule has 0 amide bonds. The maximum Gasteiger partial charge on any atom is 1.00 e. The average molecular weight is 115 g/mol. The Bertz CT molecular complexity index is 15.5. The van der Waals surface area contributed by atoms with Crippen molar-refractivity contribution in [1.82, 2.24) is 4.65 Å². The Hall–Kier alpha value is 1.39. The largest absolute Gasteiger partial charge is 1.00 e. The predicted octanol–water partition coefficient (Wildman–Crippen LogP) is -4.90. The number of nitrogens with one attached hydrogen (secondary N) is 1. The molecule has 1 N–H and O–H groups in total. The Labute approximate surface area is 62.1 Å². The van der Waals surface area contributed by atoms with Gasteiger partial charge in [-0.3, -0.25) is 0 Å². The van der Waals surface area contributed by atoms with E-state index in [9.17, 15) is 0 Å². The van der Waals surface area contributed by atoms with E-state index in [1.807, 2.05) is 0 Å². The fraction of sp³-hybridized carbons (Fsp3) is 1.00. The summed E-state index contributed by atoms with van der Waals surface area (Å²) in [6, 6.07) is 0. The predicted molar refractivity (Wildman–Crippen MR) is 28.6 cm³/mol. The number of rotatable bonds is 1. The van der Waals surface area contributed by atoms with E-state index in [2.05, 4.69) is 11.2 Å². The van der Waals surface area contributed by atoms with Gasteiger partial charge in [-0.15, -0.1) is 0 Å². The molecule has 0 rings (SSSR count). The molecule has 0 atom stereocenters. The minimum atomic E-state index is 0. The van der Waals surface area contributed by atoms with Gasteiger partial charge in [0, 0.05) is 0 Å². The summed E-state index contributed by atoms with van der Waals surface area (Å²) in [5.41, 5.74) is 0. The van der Waals surface area contributed by atoms with Crippen LogP contribution in [0.15, 0.2) is 0 Å². The zero-order valence-electron chi connectivity index (χ0n) is 5.21. The summed E-state index contributed by atoms with van der Waals surface area (Å²) in [6.45, 7) is 2.24. The molecule has 0 bridgehead atoms. The molecule has 0 spiro atoms. The average Bonchev–Trinajstić information content (AvgIpc) is 1.37. The fourth-order valence-corrected chi connectivity index (χ4v) is 0. The molecule has 0 aliphatic carbocycles. The van der Waals surface area contributed by atoms with Gasteiger partial charge in [-0.05, 0) is 0 Å². The van der Waals surface area contributed by atoms with Gasteiger partial charge in [-0.2, -0.15) is 0 Å². The molecule has 28 valence electrons. The normalized spacial score (nSPS) is 9.00. The first kappa shape index (κ1) is 9.64. The Morgan fingerprint density at radius 3 is 2.20 bits per heavy atom. The molecule has 0 aromatic rings. The van der Waals surface area contributed by atoms with Crippen LogP contribution in [-0.4, -0.2) is 20.1 Å². The fourth-order valence-electron chi connectivity index (χ4n) is 0. The molecule has 0 aromatic carbocycles. The Balaban J connectivity index is -0.0000000450. The first-order chi connectivity index (χ1) is 1.91. The zero-order valence-corrected chi connectivity index (χ0v) is 9.62. The summed E-state index contributed by atoms with van der Waals surface area (Å²) >= 11 is 0. The minimum absolute atomic E-state index is 0. The van der Waals surface area contributed by atoms with Gasteiger partial charge in [0.2, 0.25) is 0 Å². The molecule has 5 heavy (non-hydrogen) atoms. The smallest absolute Gasteiger partial charge is 1.00 e. The zero-order chi connectivity index (χ0) is 3.41. The molecular formula is CH10NNaSi2. The molecular weight excluding hydrogens is 105 g/mol. The van der Waals surface area contributed by atoms with E-state index in [1.165, 1.54) is 10.4 Å². The van der Waals surface area contributed by atoms with Crippen LogP contribution in [0.3, 0.4) is 0 Å². The van der Waals surface area contributed by atoms with Crippen molar-refractivity contribution in [3.05, 3.63) is 0 Å². The van der Waals surface area contributed by atoms with Crippen LogP contribution >= 0.6 is 0 Å². The summed E-state index contributed by atoms with van der Waals surface area (Å²) in [5, 5.41) is 0. The van der Waals surface area contributed by atoms with Crippen LogP contribution in [0.5, 0.6) is 0 Å². The third-order valence-corrected chi connectivity index (χ3v) is 3.18. The van der Waals surface area contributed by atoms with Gasteiger partial charge in [0.15, 0.2) is 0 Å². The van der Waals surface area contributed by atoms with Crippen LogP contribution in [0.1, 0.15) is 1.43 Å². The van der Waals surface area contributed by atoms with E-state index in [0.717, 1.165) is 0 Å². The molecule has 0 saturated carbocycles. The maximum atomic E-state index is 3.21. The number of hydrogen-bond acceptors (Lipinski definition) is 1. The number of hydrogen-bond donors (Lipinski definition) is 1. The van der Waals surface area contributed by atoms with Crippen LogP contribution in [0, 0.1) is 0 Å². The molecule has 0 fully saturated rings. The van der Waals surface area contributed by atoms with Crippen LogP contribution in [0.4, 0.5) is 0 Å². The second kappa shape index (κ2) is 9.04. The second-order valence-electron chi connectivity index (χ2n) is 0.707. The van der Waals surface area contributed by atoms with Crippen molar-refractivity contribution in [3.8, 4) is 0 Å². The standard InChI is InChI=1S/CH9NSi2.Na.H/c1-4-2-3;;/h2H,4H2,1,3H3;;/q;+1;-1. The van der Waals surface area contributed by atoms with Crippen LogP contribution in [-0.2, 0) is 0 Å². The topological polar surface area (TPSA) is 12.0 Å². The molecule has 0 saturated heterocycles. The minimum Gasteiger partial charge on any atom is -1.00 e. The maximum absolute atomic E-state index is 3.21. The van der Waals surface area contributed by atoms with Crippen molar-refractivity contribution in [2.45, 2.75) is 6.55 Å². The Kier molecular flexibility index (Phi) is 17.4. The third-order valence-electron chi connectivity index (χ3n) is 0.354. The van der Waals surface area contributed by atoms with Crippen LogP contribution < -0.4 is 34.2 Å². The van der Waals surface area contributed by atoms with Gasteiger partial charge in [0.1, 0.15) is 0 Å². The summed E-state index contributed by atoms with van der Waals surface area (Å²) < 4.78 is 3.21. The van der Waals surface area contributed by atoms with Crippen molar-refractivity contribution < 1.29 is 31.0 Å². The van der Waals surface area contributed by atoms with E-state index in [0.29, 0.717) is 0 Å². The van der Waals surface area contributed by atoms with Gasteiger partial charge >= 0.3 is 29.6 Å². The van der Waals surface area contributed by atoms with Gasteiger partial charge in [-0.25, -0.2) is 0 Å². The molecule has 4 heteroatoms. The monoisotopic (exact) mass is 115 g/mol. The molecule has 1 nitrogen and oxygen atoms in total. The van der Waals surface area contributed by atoms with E-state index >= 15 is 0 Å². The van der Waals surface area contributed by atoms with E-state index in [-0.39, 0.29) is 40.7 Å². The first-order valence-corrected chi connectivity index (χ1v) is 4.68. The van der Waals surface area contributed by atoms with E-state index in [4.69, 9.17) is 0 Å². The second-order valence-corrected chi connectivity index (χ2v) is 4.24. The molecule has 0 radical (unpaired) electrons. The van der Waals surface area contributed by atoms with Crippen molar-refractivity contribution in [2.75, 3.05) is 0 Å². The van der Waals surface area contributed by atoms with Crippen molar-refractivity contribution in [2.24, 2.45) is 0 Å². The van der Waals surface area contributed by atoms with Crippen molar-refractivity contribution in [1.29, 1.82) is 0 Å². The van der Waals surface area contributed by atoms with Gasteiger partial charge in [-0.1, -0.05) is 6.55 Å². The van der Waals surface area contributed by atoms with E-state index in [1.54, 1.807) is 0 Å². The summed E-state index contributed by atoms with van der Waals surface area (Å²) in [6.07, 6.45) is 0. The molecule has 0 aliphatic heterocycles. The van der Waals surface area contributed by atoms with Crippen molar-refractivity contribution >= 4 is 20.1 Å². The first-order valence-electron chi connectivity index (χ1n) is 1.56.